The quantitative estimate of drug-likeness (QED) is 0.722. The van der Waals surface area contributed by atoms with Gasteiger partial charge in [-0.1, -0.05) is 18.2 Å². The summed E-state index contributed by atoms with van der Waals surface area (Å²) in [5.74, 6) is 0.190. The number of carbonyl (C=O) groups is 1. The number of pyridine rings is 1. The van der Waals surface area contributed by atoms with Crippen LogP contribution in [0.2, 0.25) is 0 Å². The van der Waals surface area contributed by atoms with Crippen LogP contribution in [0, 0.1) is 0 Å². The molecular weight excluding hydrogens is 431 g/mol. The Balaban J connectivity index is 1.12. The highest BCUT2D eigenvalue weighted by Crippen LogP contribution is 2.32. The number of likely N-dealkylation sites (tertiary alicyclic amines) is 2. The van der Waals surface area contributed by atoms with Crippen molar-refractivity contribution in [2.24, 2.45) is 0 Å². The molecule has 182 valence electrons. The van der Waals surface area contributed by atoms with E-state index < -0.39 is 5.67 Å². The summed E-state index contributed by atoms with van der Waals surface area (Å²) < 4.78 is 15.7. The summed E-state index contributed by atoms with van der Waals surface area (Å²) in [6, 6.07) is 12.7. The third-order valence-electron chi connectivity index (χ3n) is 7.66. The largest absolute Gasteiger partial charge is 0.384 e. The van der Waals surface area contributed by atoms with Crippen LogP contribution in [0.4, 0.5) is 15.9 Å². The third kappa shape index (κ3) is 5.03. The van der Waals surface area contributed by atoms with Crippen LogP contribution >= 0.6 is 0 Å². The van der Waals surface area contributed by atoms with E-state index >= 15 is 4.39 Å². The van der Waals surface area contributed by atoms with Crippen molar-refractivity contribution in [2.75, 3.05) is 50.3 Å². The number of benzene rings is 1. The van der Waals surface area contributed by atoms with Crippen molar-refractivity contribution in [3.8, 4) is 0 Å². The molecule has 4 heterocycles. The van der Waals surface area contributed by atoms with Gasteiger partial charge >= 0.3 is 0 Å². The van der Waals surface area contributed by atoms with Crippen LogP contribution < -0.4 is 11.1 Å². The molecule has 3 aliphatic heterocycles. The number of halogens is 1. The minimum atomic E-state index is -1.74. The summed E-state index contributed by atoms with van der Waals surface area (Å²) in [5, 5.41) is 3.52. The van der Waals surface area contributed by atoms with E-state index in [1.807, 2.05) is 12.1 Å². The number of carbonyl (C=O) groups excluding carboxylic acids is 1. The Morgan fingerprint density at radius 2 is 1.88 bits per heavy atom. The van der Waals surface area contributed by atoms with Gasteiger partial charge in [-0.15, -0.1) is 0 Å². The highest BCUT2D eigenvalue weighted by Gasteiger charge is 2.45. The van der Waals surface area contributed by atoms with Gasteiger partial charge in [0.25, 0.3) is 5.91 Å². The molecule has 0 radical (unpaired) electrons. The summed E-state index contributed by atoms with van der Waals surface area (Å²) in [7, 11) is 0. The number of fused-ring (bicyclic) bond motifs is 1. The highest BCUT2D eigenvalue weighted by molar-refractivity contribution is 5.85. The number of piperidine rings is 2. The van der Waals surface area contributed by atoms with Crippen molar-refractivity contribution >= 4 is 17.4 Å². The van der Waals surface area contributed by atoms with E-state index in [2.05, 4.69) is 44.4 Å². The van der Waals surface area contributed by atoms with E-state index in [0.717, 1.165) is 38.0 Å². The van der Waals surface area contributed by atoms with Crippen LogP contribution in [0.25, 0.3) is 0 Å². The third-order valence-corrected chi connectivity index (χ3v) is 7.66. The number of nitrogens with zero attached hydrogens (tertiary/aromatic N) is 4. The average Bonchev–Trinajstić information content (AvgIpc) is 3.08. The molecule has 34 heavy (non-hydrogen) atoms. The zero-order valence-electron chi connectivity index (χ0n) is 19.8. The molecule has 0 aliphatic carbocycles. The Hall–Kier alpha value is -2.71. The number of hydrogen-bond donors (Lipinski definition) is 2. The first-order valence-corrected chi connectivity index (χ1v) is 12.5. The molecule has 0 bridgehead atoms. The zero-order chi connectivity index (χ0) is 23.5. The Labute approximate surface area is 201 Å². The second-order valence-electron chi connectivity index (χ2n) is 9.91. The molecule has 8 heteroatoms. The van der Waals surface area contributed by atoms with Crippen LogP contribution in [-0.2, 0) is 17.9 Å². The van der Waals surface area contributed by atoms with Crippen LogP contribution in [0.15, 0.2) is 42.6 Å². The lowest BCUT2D eigenvalue weighted by Gasteiger charge is -2.42. The number of nitrogen functional groups attached to an aromatic ring is 1. The lowest BCUT2D eigenvalue weighted by Crippen LogP contribution is -2.55. The van der Waals surface area contributed by atoms with Gasteiger partial charge in [0, 0.05) is 83.1 Å². The van der Waals surface area contributed by atoms with Gasteiger partial charge in [-0.25, -0.2) is 9.37 Å². The van der Waals surface area contributed by atoms with Crippen molar-refractivity contribution in [1.82, 2.24) is 19.7 Å². The fourth-order valence-corrected chi connectivity index (χ4v) is 5.62. The van der Waals surface area contributed by atoms with Gasteiger partial charge < -0.3 is 16.0 Å². The number of amides is 1. The first-order valence-electron chi connectivity index (χ1n) is 12.5. The van der Waals surface area contributed by atoms with E-state index in [-0.39, 0.29) is 18.7 Å². The van der Waals surface area contributed by atoms with Crippen LogP contribution in [0.3, 0.4) is 0 Å². The Bertz CT molecular complexity index is 1000. The standard InChI is InChI=1S/C26H35FN6O/c27-26(8-14-31(15-9-26)18-20-5-10-30-24(28)17-20)25(34)32-12-6-22(7-13-32)33-16-11-29-23-4-2-1-3-21(23)19-33/h1-5,10,17,22,29H,6-9,11-16,18-19H2,(H2,28,30). The predicted molar refractivity (Wildman–Crippen MR) is 132 cm³/mol. The lowest BCUT2D eigenvalue weighted by molar-refractivity contribution is -0.149. The molecule has 2 aromatic rings. The monoisotopic (exact) mass is 466 g/mol. The second kappa shape index (κ2) is 9.88. The molecule has 2 fully saturated rings. The Kier molecular flexibility index (Phi) is 6.70. The molecule has 5 rings (SSSR count). The number of anilines is 2. The topological polar surface area (TPSA) is 77.7 Å². The van der Waals surface area contributed by atoms with Crippen molar-refractivity contribution in [1.29, 1.82) is 0 Å². The first-order chi connectivity index (χ1) is 16.5. The number of para-hydroxylation sites is 1. The minimum Gasteiger partial charge on any atom is -0.384 e. The van der Waals surface area contributed by atoms with Gasteiger partial charge in [0.1, 0.15) is 5.82 Å². The lowest BCUT2D eigenvalue weighted by atomic mass is 9.90. The second-order valence-corrected chi connectivity index (χ2v) is 9.91. The Morgan fingerprint density at radius 3 is 2.65 bits per heavy atom. The average molecular weight is 467 g/mol. The van der Waals surface area contributed by atoms with E-state index in [9.17, 15) is 4.79 Å². The van der Waals surface area contributed by atoms with Crippen LogP contribution in [0.1, 0.15) is 36.8 Å². The molecule has 1 aromatic carbocycles. The van der Waals surface area contributed by atoms with Crippen molar-refractivity contribution in [3.63, 3.8) is 0 Å². The molecule has 0 spiro atoms. The molecule has 1 amide bonds. The molecule has 0 unspecified atom stereocenters. The molecule has 7 nitrogen and oxygen atoms in total. The van der Waals surface area contributed by atoms with Gasteiger partial charge in [0.2, 0.25) is 0 Å². The Morgan fingerprint density at radius 1 is 1.12 bits per heavy atom. The fourth-order valence-electron chi connectivity index (χ4n) is 5.62. The van der Waals surface area contributed by atoms with Crippen LogP contribution in [-0.4, -0.2) is 76.6 Å². The smallest absolute Gasteiger partial charge is 0.260 e. The first kappa shape index (κ1) is 23.1. The maximum Gasteiger partial charge on any atom is 0.260 e. The SMILES string of the molecule is Nc1cc(CN2CCC(F)(C(=O)N3CCC(N4CCNc5ccccc5C4)CC3)CC2)ccn1. The van der Waals surface area contributed by atoms with Crippen LogP contribution in [0.5, 0.6) is 0 Å². The summed E-state index contributed by atoms with van der Waals surface area (Å²) in [6.45, 7) is 5.96. The highest BCUT2D eigenvalue weighted by atomic mass is 19.1. The van der Waals surface area contributed by atoms with Gasteiger partial charge in [-0.3, -0.25) is 14.6 Å². The number of nitrogens with two attached hydrogens (primary N) is 1. The summed E-state index contributed by atoms with van der Waals surface area (Å²) in [6.07, 6.45) is 4.00. The van der Waals surface area contributed by atoms with Gasteiger partial charge in [0.05, 0.1) is 0 Å². The van der Waals surface area contributed by atoms with Gasteiger partial charge in [0.15, 0.2) is 5.67 Å². The van der Waals surface area contributed by atoms with Crippen molar-refractivity contribution in [3.05, 3.63) is 53.7 Å². The van der Waals surface area contributed by atoms with E-state index in [0.29, 0.717) is 44.6 Å². The summed E-state index contributed by atoms with van der Waals surface area (Å²) in [4.78, 5) is 23.7. The van der Waals surface area contributed by atoms with Gasteiger partial charge in [-0.05, 0) is 42.2 Å². The number of aromatic nitrogens is 1. The molecule has 0 saturated carbocycles. The minimum absolute atomic E-state index is 0.251. The molecule has 0 atom stereocenters. The number of hydrogen-bond acceptors (Lipinski definition) is 6. The molecule has 3 N–H and O–H groups in total. The number of nitrogens with one attached hydrogen (secondary N) is 1. The summed E-state index contributed by atoms with van der Waals surface area (Å²) in [5.41, 5.74) is 7.63. The molecule has 3 aliphatic rings. The zero-order valence-corrected chi connectivity index (χ0v) is 19.8. The van der Waals surface area contributed by atoms with E-state index in [1.54, 1.807) is 11.1 Å². The molecule has 1 aromatic heterocycles. The number of rotatable bonds is 4. The normalized spacial score (nSPS) is 22.0. The maximum atomic E-state index is 15.7. The van der Waals surface area contributed by atoms with E-state index in [4.69, 9.17) is 5.73 Å². The predicted octanol–water partition coefficient (Wildman–Crippen LogP) is 2.89. The molecule has 2 saturated heterocycles. The summed E-state index contributed by atoms with van der Waals surface area (Å²) >= 11 is 0. The fraction of sp³-hybridized carbons (Fsp3) is 0.538. The maximum absolute atomic E-state index is 15.7. The number of alkyl halides is 1. The van der Waals surface area contributed by atoms with Crippen molar-refractivity contribution < 1.29 is 9.18 Å². The van der Waals surface area contributed by atoms with Crippen molar-refractivity contribution in [2.45, 2.75) is 50.5 Å². The molecular formula is C26H35FN6O. The van der Waals surface area contributed by atoms with Gasteiger partial charge in [-0.2, -0.15) is 0 Å². The van der Waals surface area contributed by atoms with E-state index in [1.165, 1.54) is 11.3 Å².